The summed E-state index contributed by atoms with van der Waals surface area (Å²) in [7, 11) is 2.07. The van der Waals surface area contributed by atoms with Crippen molar-refractivity contribution in [3.63, 3.8) is 0 Å². The number of benzene rings is 1. The molecule has 0 saturated carbocycles. The molecule has 0 aromatic heterocycles. The maximum absolute atomic E-state index is 6.17. The van der Waals surface area contributed by atoms with Gasteiger partial charge in [-0.1, -0.05) is 29.8 Å². The molecule has 0 aliphatic rings. The predicted octanol–water partition coefficient (Wildman–Crippen LogP) is 3.59. The first-order chi connectivity index (χ1) is 8.16. The van der Waals surface area contributed by atoms with Crippen LogP contribution in [-0.4, -0.2) is 37.6 Å². The fraction of sp³-hybridized carbons (Fsp3) is 0.538. The summed E-state index contributed by atoms with van der Waals surface area (Å²) in [6.45, 7) is 4.31. The van der Waals surface area contributed by atoms with E-state index in [1.54, 1.807) is 0 Å². The van der Waals surface area contributed by atoms with Gasteiger partial charge in [-0.15, -0.1) is 11.6 Å². The van der Waals surface area contributed by atoms with Crippen LogP contribution < -0.4 is 0 Å². The summed E-state index contributed by atoms with van der Waals surface area (Å²) >= 11 is 11.7. The molecule has 0 fully saturated rings. The Morgan fingerprint density at radius 3 is 2.65 bits per heavy atom. The lowest BCUT2D eigenvalue weighted by Crippen LogP contribution is -2.26. The van der Waals surface area contributed by atoms with E-state index in [0.29, 0.717) is 19.1 Å². The number of hydrogen-bond donors (Lipinski definition) is 0. The van der Waals surface area contributed by atoms with Gasteiger partial charge in [0.05, 0.1) is 13.2 Å². The monoisotopic (exact) mass is 275 g/mol. The normalized spacial score (nSPS) is 13.0. The van der Waals surface area contributed by atoms with E-state index in [9.17, 15) is 0 Å². The molecule has 0 heterocycles. The Morgan fingerprint density at radius 2 is 2.00 bits per heavy atom. The van der Waals surface area contributed by atoms with Gasteiger partial charge in [0.2, 0.25) is 0 Å². The van der Waals surface area contributed by atoms with Gasteiger partial charge in [0.25, 0.3) is 0 Å². The number of nitrogens with zero attached hydrogens (tertiary/aromatic N) is 1. The highest BCUT2D eigenvalue weighted by Gasteiger charge is 2.13. The fourth-order valence-electron chi connectivity index (χ4n) is 1.61. The third-order valence-corrected chi connectivity index (χ3v) is 3.32. The Morgan fingerprint density at radius 1 is 1.29 bits per heavy atom. The van der Waals surface area contributed by atoms with Crippen molar-refractivity contribution in [2.45, 2.75) is 13.0 Å². The number of ether oxygens (including phenoxy) is 1. The van der Waals surface area contributed by atoms with Crippen molar-refractivity contribution in [1.29, 1.82) is 0 Å². The summed E-state index contributed by atoms with van der Waals surface area (Å²) in [6.07, 6.45) is 0. The summed E-state index contributed by atoms with van der Waals surface area (Å²) in [5.41, 5.74) is 1.15. The van der Waals surface area contributed by atoms with Crippen LogP contribution in [0.5, 0.6) is 0 Å². The third kappa shape index (κ3) is 4.84. The SMILES string of the molecule is CC(c1ccccc1Cl)N(C)CCOCCCl. The Labute approximate surface area is 113 Å². The average Bonchev–Trinajstić information content (AvgIpc) is 2.34. The molecule has 0 spiro atoms. The number of halogens is 2. The van der Waals surface area contributed by atoms with Crippen LogP contribution >= 0.6 is 23.2 Å². The molecular weight excluding hydrogens is 257 g/mol. The van der Waals surface area contributed by atoms with Crippen LogP contribution in [0.1, 0.15) is 18.5 Å². The minimum absolute atomic E-state index is 0.281. The predicted molar refractivity (Wildman–Crippen MR) is 74.0 cm³/mol. The van der Waals surface area contributed by atoms with Gasteiger partial charge >= 0.3 is 0 Å². The molecule has 0 radical (unpaired) electrons. The Balaban J connectivity index is 2.46. The average molecular weight is 276 g/mol. The zero-order valence-corrected chi connectivity index (χ0v) is 11.8. The molecule has 17 heavy (non-hydrogen) atoms. The first-order valence-electron chi connectivity index (χ1n) is 5.75. The molecule has 1 unspecified atom stereocenters. The van der Waals surface area contributed by atoms with Crippen LogP contribution in [0.4, 0.5) is 0 Å². The molecular formula is C13H19Cl2NO. The first kappa shape index (κ1) is 14.8. The molecule has 1 atom stereocenters. The van der Waals surface area contributed by atoms with E-state index < -0.39 is 0 Å². The molecule has 0 aliphatic carbocycles. The Hall–Kier alpha value is -0.280. The van der Waals surface area contributed by atoms with E-state index in [-0.39, 0.29) is 6.04 Å². The lowest BCUT2D eigenvalue weighted by Gasteiger charge is -2.25. The zero-order chi connectivity index (χ0) is 12.7. The highest BCUT2D eigenvalue weighted by atomic mass is 35.5. The number of hydrogen-bond acceptors (Lipinski definition) is 2. The van der Waals surface area contributed by atoms with Crippen LogP contribution in [-0.2, 0) is 4.74 Å². The number of likely N-dealkylation sites (N-methyl/N-ethyl adjacent to an activating group) is 1. The molecule has 0 N–H and O–H groups in total. The number of alkyl halides is 1. The molecule has 1 aromatic rings. The van der Waals surface area contributed by atoms with Crippen molar-refractivity contribution >= 4 is 23.2 Å². The van der Waals surface area contributed by atoms with E-state index in [2.05, 4.69) is 24.9 Å². The second-order valence-electron chi connectivity index (χ2n) is 3.98. The van der Waals surface area contributed by atoms with Gasteiger partial charge in [0, 0.05) is 23.5 Å². The smallest absolute Gasteiger partial charge is 0.0602 e. The van der Waals surface area contributed by atoms with Gasteiger partial charge in [0.15, 0.2) is 0 Å². The van der Waals surface area contributed by atoms with Crippen molar-refractivity contribution in [3.8, 4) is 0 Å². The summed E-state index contributed by atoms with van der Waals surface area (Å²) in [5, 5.41) is 0.813. The van der Waals surface area contributed by atoms with Gasteiger partial charge in [-0.2, -0.15) is 0 Å². The molecule has 1 rings (SSSR count). The summed E-state index contributed by atoms with van der Waals surface area (Å²) < 4.78 is 5.36. The van der Waals surface area contributed by atoms with Gasteiger partial charge in [-0.05, 0) is 25.6 Å². The van der Waals surface area contributed by atoms with Gasteiger partial charge in [-0.25, -0.2) is 0 Å². The second kappa shape index (κ2) is 7.93. The van der Waals surface area contributed by atoms with Crippen molar-refractivity contribution in [1.82, 2.24) is 4.90 Å². The number of rotatable bonds is 7. The summed E-state index contributed by atoms with van der Waals surface area (Å²) in [5.74, 6) is 0.545. The quantitative estimate of drug-likeness (QED) is 0.557. The second-order valence-corrected chi connectivity index (χ2v) is 4.76. The minimum atomic E-state index is 0.281. The highest BCUT2D eigenvalue weighted by Crippen LogP contribution is 2.25. The van der Waals surface area contributed by atoms with Gasteiger partial charge in [0.1, 0.15) is 0 Å². The molecule has 2 nitrogen and oxygen atoms in total. The largest absolute Gasteiger partial charge is 0.379 e. The van der Waals surface area contributed by atoms with Crippen LogP contribution in [0.2, 0.25) is 5.02 Å². The van der Waals surface area contributed by atoms with Crippen LogP contribution in [0.3, 0.4) is 0 Å². The molecule has 96 valence electrons. The van der Waals surface area contributed by atoms with E-state index >= 15 is 0 Å². The first-order valence-corrected chi connectivity index (χ1v) is 6.66. The summed E-state index contributed by atoms with van der Waals surface area (Å²) in [4.78, 5) is 2.22. The third-order valence-electron chi connectivity index (χ3n) is 2.83. The van der Waals surface area contributed by atoms with Crippen LogP contribution in [0.15, 0.2) is 24.3 Å². The molecule has 4 heteroatoms. The summed E-state index contributed by atoms with van der Waals surface area (Å²) in [6, 6.07) is 8.22. The van der Waals surface area contributed by atoms with E-state index in [0.717, 1.165) is 17.1 Å². The van der Waals surface area contributed by atoms with Gasteiger partial charge < -0.3 is 4.74 Å². The lowest BCUT2D eigenvalue weighted by atomic mass is 10.1. The van der Waals surface area contributed by atoms with E-state index in [4.69, 9.17) is 27.9 Å². The van der Waals surface area contributed by atoms with Crippen molar-refractivity contribution in [2.24, 2.45) is 0 Å². The van der Waals surface area contributed by atoms with Crippen molar-refractivity contribution in [3.05, 3.63) is 34.9 Å². The standard InChI is InChI=1S/C13H19Cl2NO/c1-11(12-5-3-4-6-13(12)15)16(2)8-10-17-9-7-14/h3-6,11H,7-10H2,1-2H3. The fourth-order valence-corrected chi connectivity index (χ4v) is 2.01. The maximum Gasteiger partial charge on any atom is 0.0602 e. The topological polar surface area (TPSA) is 12.5 Å². The zero-order valence-electron chi connectivity index (χ0n) is 10.3. The van der Waals surface area contributed by atoms with Crippen molar-refractivity contribution < 1.29 is 4.74 Å². The Kier molecular flexibility index (Phi) is 6.90. The molecule has 0 amide bonds. The van der Waals surface area contributed by atoms with Crippen LogP contribution in [0.25, 0.3) is 0 Å². The molecule has 0 saturated heterocycles. The van der Waals surface area contributed by atoms with Crippen LogP contribution in [0, 0.1) is 0 Å². The Bertz CT molecular complexity index is 333. The molecule has 1 aromatic carbocycles. The lowest BCUT2D eigenvalue weighted by molar-refractivity contribution is 0.111. The highest BCUT2D eigenvalue weighted by molar-refractivity contribution is 6.31. The van der Waals surface area contributed by atoms with E-state index in [1.807, 2.05) is 18.2 Å². The van der Waals surface area contributed by atoms with Crippen molar-refractivity contribution in [2.75, 3.05) is 32.7 Å². The van der Waals surface area contributed by atoms with E-state index in [1.165, 1.54) is 0 Å². The maximum atomic E-state index is 6.17. The molecule has 0 bridgehead atoms. The molecule has 0 aliphatic heterocycles. The minimum Gasteiger partial charge on any atom is -0.379 e. The van der Waals surface area contributed by atoms with Gasteiger partial charge in [-0.3, -0.25) is 4.90 Å².